The minimum absolute atomic E-state index is 0.0480. The topological polar surface area (TPSA) is 95.6 Å². The van der Waals surface area contributed by atoms with Crippen molar-refractivity contribution < 1.29 is 22.4 Å². The van der Waals surface area contributed by atoms with E-state index in [1.54, 1.807) is 12.1 Å². The Bertz CT molecular complexity index is 1340. The van der Waals surface area contributed by atoms with Crippen LogP contribution in [0.3, 0.4) is 0 Å². The molecular weight excluding hydrogens is 445 g/mol. The fourth-order valence-electron chi connectivity index (χ4n) is 4.31. The molecule has 0 radical (unpaired) electrons. The molecule has 9 heteroatoms. The summed E-state index contributed by atoms with van der Waals surface area (Å²) in [5.74, 6) is -1.24. The number of fused-ring (bicyclic) bond motifs is 2. The molecule has 0 spiro atoms. The molecule has 2 unspecified atom stereocenters. The summed E-state index contributed by atoms with van der Waals surface area (Å²) in [5.41, 5.74) is 2.56. The van der Waals surface area contributed by atoms with Gasteiger partial charge in [0.25, 0.3) is 5.91 Å². The lowest BCUT2D eigenvalue weighted by Crippen LogP contribution is -2.41. The summed E-state index contributed by atoms with van der Waals surface area (Å²) in [6.45, 7) is 0.0480. The molecule has 2 aliphatic rings. The van der Waals surface area contributed by atoms with E-state index in [9.17, 15) is 22.4 Å². The molecule has 2 N–H and O–H groups in total. The summed E-state index contributed by atoms with van der Waals surface area (Å²) in [6.07, 6.45) is 0.136. The molecule has 1 fully saturated rings. The maximum absolute atomic E-state index is 13.4. The van der Waals surface area contributed by atoms with Crippen LogP contribution in [0.1, 0.15) is 16.8 Å². The lowest BCUT2D eigenvalue weighted by molar-refractivity contribution is -0.119. The van der Waals surface area contributed by atoms with Crippen molar-refractivity contribution in [3.63, 3.8) is 0 Å². The standard InChI is InChI=1S/C24H20FN3O4S/c25-17-7-9-19(10-8-17)33(31,32)27-18-13-22-23(29)26-21-11-6-16(15-4-2-1-3-5-15)12-20(21)24(30)28(22)14-18/h1-12,18,22,27H,13-14H2,(H,26,29). The zero-order chi connectivity index (χ0) is 23.2. The summed E-state index contributed by atoms with van der Waals surface area (Å²) in [6, 6.07) is 17.9. The van der Waals surface area contributed by atoms with Crippen LogP contribution in [0.2, 0.25) is 0 Å². The molecule has 168 valence electrons. The molecule has 7 nitrogen and oxygen atoms in total. The van der Waals surface area contributed by atoms with Crippen LogP contribution in [0.5, 0.6) is 0 Å². The molecule has 2 amide bonds. The monoisotopic (exact) mass is 465 g/mol. The largest absolute Gasteiger partial charge is 0.325 e. The molecule has 5 rings (SSSR count). The molecule has 33 heavy (non-hydrogen) atoms. The van der Waals surface area contributed by atoms with Gasteiger partial charge in [0.2, 0.25) is 15.9 Å². The fourth-order valence-corrected chi connectivity index (χ4v) is 5.55. The van der Waals surface area contributed by atoms with E-state index in [0.29, 0.717) is 11.3 Å². The van der Waals surface area contributed by atoms with Crippen molar-refractivity contribution >= 4 is 27.5 Å². The van der Waals surface area contributed by atoms with E-state index in [-0.39, 0.29) is 29.7 Å². The van der Waals surface area contributed by atoms with Crippen LogP contribution in [0.25, 0.3) is 11.1 Å². The lowest BCUT2D eigenvalue weighted by Gasteiger charge is -2.20. The van der Waals surface area contributed by atoms with E-state index in [1.807, 2.05) is 36.4 Å². The van der Waals surface area contributed by atoms with Crippen molar-refractivity contribution in [1.29, 1.82) is 0 Å². The van der Waals surface area contributed by atoms with Gasteiger partial charge < -0.3 is 10.2 Å². The van der Waals surface area contributed by atoms with Crippen LogP contribution in [0, 0.1) is 5.82 Å². The Balaban J connectivity index is 1.41. The van der Waals surface area contributed by atoms with Crippen molar-refractivity contribution in [1.82, 2.24) is 9.62 Å². The number of nitrogens with one attached hydrogen (secondary N) is 2. The average Bonchev–Trinajstić information content (AvgIpc) is 3.19. The molecule has 2 aliphatic heterocycles. The first kappa shape index (κ1) is 21.3. The van der Waals surface area contributed by atoms with Crippen LogP contribution >= 0.6 is 0 Å². The second-order valence-electron chi connectivity index (χ2n) is 8.10. The van der Waals surface area contributed by atoms with Crippen LogP contribution < -0.4 is 10.0 Å². The van der Waals surface area contributed by atoms with Crippen LogP contribution in [-0.4, -0.2) is 43.8 Å². The van der Waals surface area contributed by atoms with Gasteiger partial charge in [-0.1, -0.05) is 36.4 Å². The van der Waals surface area contributed by atoms with Crippen LogP contribution in [-0.2, 0) is 14.8 Å². The average molecular weight is 466 g/mol. The van der Waals surface area contributed by atoms with Crippen molar-refractivity contribution in [3.8, 4) is 11.1 Å². The number of amides is 2. The Morgan fingerprint density at radius 2 is 1.67 bits per heavy atom. The third-order valence-electron chi connectivity index (χ3n) is 5.93. The molecule has 1 saturated heterocycles. The molecule has 3 aromatic rings. The number of nitrogens with zero attached hydrogens (tertiary/aromatic N) is 1. The normalized spacial score (nSPS) is 20.1. The zero-order valence-corrected chi connectivity index (χ0v) is 18.2. The van der Waals surface area contributed by atoms with Crippen molar-refractivity contribution in [2.24, 2.45) is 0 Å². The SMILES string of the molecule is O=C1Nc2ccc(-c3ccccc3)cc2C(=O)N2CC(NS(=O)(=O)c3ccc(F)cc3)CC12. The number of halogens is 1. The number of anilines is 1. The van der Waals surface area contributed by atoms with Gasteiger partial charge in [-0.2, -0.15) is 0 Å². The van der Waals surface area contributed by atoms with Gasteiger partial charge in [0.1, 0.15) is 11.9 Å². The lowest BCUT2D eigenvalue weighted by atomic mass is 10.0. The summed E-state index contributed by atoms with van der Waals surface area (Å²) in [4.78, 5) is 27.6. The van der Waals surface area contributed by atoms with Crippen molar-refractivity contribution in [3.05, 3.63) is 84.2 Å². The predicted octanol–water partition coefficient (Wildman–Crippen LogP) is 3.01. The Morgan fingerprint density at radius 3 is 2.39 bits per heavy atom. The van der Waals surface area contributed by atoms with E-state index in [4.69, 9.17) is 0 Å². The summed E-state index contributed by atoms with van der Waals surface area (Å²) in [5, 5.41) is 2.80. The van der Waals surface area contributed by atoms with Gasteiger partial charge >= 0.3 is 0 Å². The van der Waals surface area contributed by atoms with E-state index in [0.717, 1.165) is 23.3 Å². The van der Waals surface area contributed by atoms with Gasteiger partial charge in [-0.3, -0.25) is 9.59 Å². The molecular formula is C24H20FN3O4S. The minimum Gasteiger partial charge on any atom is -0.325 e. The van der Waals surface area contributed by atoms with Crippen LogP contribution in [0.15, 0.2) is 77.7 Å². The number of hydrogen-bond acceptors (Lipinski definition) is 4. The van der Waals surface area contributed by atoms with Gasteiger partial charge in [-0.25, -0.2) is 17.5 Å². The minimum atomic E-state index is -3.94. The van der Waals surface area contributed by atoms with Gasteiger partial charge in [0.05, 0.1) is 16.1 Å². The number of sulfonamides is 1. The molecule has 0 bridgehead atoms. The molecule has 0 aromatic heterocycles. The second kappa shape index (κ2) is 8.09. The van der Waals surface area contributed by atoms with Crippen LogP contribution in [0.4, 0.5) is 10.1 Å². The van der Waals surface area contributed by atoms with Gasteiger partial charge in [-0.05, 0) is 53.9 Å². The quantitative estimate of drug-likeness (QED) is 0.619. The highest BCUT2D eigenvalue weighted by atomic mass is 32.2. The number of rotatable bonds is 4. The van der Waals surface area contributed by atoms with E-state index >= 15 is 0 Å². The summed E-state index contributed by atoms with van der Waals surface area (Å²) in [7, 11) is -3.94. The molecule has 0 aliphatic carbocycles. The number of carbonyl (C=O) groups excluding carboxylic acids is 2. The zero-order valence-electron chi connectivity index (χ0n) is 17.4. The highest BCUT2D eigenvalue weighted by molar-refractivity contribution is 7.89. The second-order valence-corrected chi connectivity index (χ2v) is 9.81. The first-order valence-corrected chi connectivity index (χ1v) is 11.9. The molecule has 2 heterocycles. The highest BCUT2D eigenvalue weighted by Gasteiger charge is 2.44. The first-order chi connectivity index (χ1) is 15.8. The summed E-state index contributed by atoms with van der Waals surface area (Å²) < 4.78 is 41.1. The maximum Gasteiger partial charge on any atom is 0.256 e. The Morgan fingerprint density at radius 1 is 0.939 bits per heavy atom. The number of benzene rings is 3. The highest BCUT2D eigenvalue weighted by Crippen LogP contribution is 2.32. The first-order valence-electron chi connectivity index (χ1n) is 10.4. The van der Waals surface area contributed by atoms with Crippen molar-refractivity contribution in [2.45, 2.75) is 23.4 Å². The Labute approximate surface area is 190 Å². The van der Waals surface area contributed by atoms with Gasteiger partial charge in [0.15, 0.2) is 0 Å². The van der Waals surface area contributed by atoms with Crippen molar-refractivity contribution in [2.75, 3.05) is 11.9 Å². The Hall–Kier alpha value is -3.56. The molecule has 3 aromatic carbocycles. The smallest absolute Gasteiger partial charge is 0.256 e. The fraction of sp³-hybridized carbons (Fsp3) is 0.167. The van der Waals surface area contributed by atoms with E-state index in [1.165, 1.54) is 17.0 Å². The van der Waals surface area contributed by atoms with E-state index < -0.39 is 27.9 Å². The van der Waals surface area contributed by atoms with Gasteiger partial charge in [-0.15, -0.1) is 0 Å². The third kappa shape index (κ3) is 4.01. The summed E-state index contributed by atoms with van der Waals surface area (Å²) >= 11 is 0. The molecule has 0 saturated carbocycles. The molecule has 2 atom stereocenters. The van der Waals surface area contributed by atoms with Gasteiger partial charge in [0, 0.05) is 12.6 Å². The Kier molecular flexibility index (Phi) is 5.22. The predicted molar refractivity (Wildman–Crippen MR) is 120 cm³/mol. The number of carbonyl (C=O) groups is 2. The third-order valence-corrected chi connectivity index (χ3v) is 7.46. The maximum atomic E-state index is 13.4. The number of hydrogen-bond donors (Lipinski definition) is 2. The van der Waals surface area contributed by atoms with E-state index in [2.05, 4.69) is 10.0 Å².